The van der Waals surface area contributed by atoms with E-state index >= 15 is 0 Å². The van der Waals surface area contributed by atoms with E-state index < -0.39 is 23.2 Å². The number of nitrogens with two attached hydrogens (primary N) is 1. The maximum Gasteiger partial charge on any atom is 0.269 e. The lowest BCUT2D eigenvalue weighted by Gasteiger charge is -2.44. The van der Waals surface area contributed by atoms with Gasteiger partial charge in [-0.2, -0.15) is 0 Å². The van der Waals surface area contributed by atoms with Gasteiger partial charge < -0.3 is 10.8 Å². The molecule has 0 saturated carbocycles. The molecule has 1 fully saturated rings. The Morgan fingerprint density at radius 3 is 2.58 bits per heavy atom. The molecule has 2 aromatic carbocycles. The fourth-order valence-electron chi connectivity index (χ4n) is 2.45. The first kappa shape index (κ1) is 16.6. The van der Waals surface area contributed by atoms with Crippen LogP contribution in [0.4, 0.5) is 5.69 Å². The number of nitrogens with one attached hydrogen (secondary N) is 1. The highest BCUT2D eigenvalue weighted by Gasteiger charge is 2.49. The Morgan fingerprint density at radius 1 is 1.25 bits per heavy atom. The summed E-state index contributed by atoms with van der Waals surface area (Å²) in [7, 11) is 0. The Morgan fingerprint density at radius 2 is 1.92 bits per heavy atom. The molecule has 8 heteroatoms. The van der Waals surface area contributed by atoms with Crippen LogP contribution in [-0.4, -0.2) is 27.3 Å². The second-order valence-corrected chi connectivity index (χ2v) is 6.71. The fourth-order valence-corrected chi connectivity index (χ4v) is 3.18. The molecule has 0 unspecified atom stereocenters. The molecule has 0 aliphatic carbocycles. The first-order valence-electron chi connectivity index (χ1n) is 7.00. The number of hydrogen-bond donors (Lipinski definition) is 3. The number of nitrogens with zero attached hydrogens (tertiary/aromatic N) is 1. The Balaban J connectivity index is 1.83. The van der Waals surface area contributed by atoms with E-state index in [9.17, 15) is 14.7 Å². The van der Waals surface area contributed by atoms with E-state index in [-0.39, 0.29) is 5.75 Å². The molecule has 2 aromatic rings. The van der Waals surface area contributed by atoms with Crippen molar-refractivity contribution >= 4 is 45.0 Å². The third-order valence-corrected chi connectivity index (χ3v) is 4.65. The van der Waals surface area contributed by atoms with Gasteiger partial charge in [0.1, 0.15) is 17.2 Å². The van der Waals surface area contributed by atoms with Crippen LogP contribution >= 0.6 is 27.5 Å². The number of carbonyl (C=O) groups excluding carboxylic acids is 2. The molecule has 1 saturated heterocycles. The zero-order valence-electron chi connectivity index (χ0n) is 12.2. The molecule has 2 amide bonds. The van der Waals surface area contributed by atoms with Gasteiger partial charge in [-0.05, 0) is 42.5 Å². The SMILES string of the molecule is Nc1ccc(C(=O)NN2C(=O)[C@@H](Cl)[C@@H]2c2cc(Br)ccc2O)cc1. The number of aromatic hydroxyl groups is 1. The summed E-state index contributed by atoms with van der Waals surface area (Å²) in [6.45, 7) is 0. The molecule has 1 heterocycles. The number of phenols is 1. The quantitative estimate of drug-likeness (QED) is 0.412. The summed E-state index contributed by atoms with van der Waals surface area (Å²) >= 11 is 9.39. The van der Waals surface area contributed by atoms with Crippen molar-refractivity contribution < 1.29 is 14.7 Å². The number of phenolic OH excluding ortho intramolecular Hbond substituents is 1. The lowest BCUT2D eigenvalue weighted by atomic mass is 9.94. The Labute approximate surface area is 151 Å². The van der Waals surface area contributed by atoms with Gasteiger partial charge in [0.15, 0.2) is 0 Å². The number of halogens is 2. The fraction of sp³-hybridized carbons (Fsp3) is 0.125. The number of hydrogen-bond acceptors (Lipinski definition) is 4. The molecule has 1 aliphatic heterocycles. The van der Waals surface area contributed by atoms with Crippen LogP contribution in [0.2, 0.25) is 0 Å². The molecule has 0 bridgehead atoms. The van der Waals surface area contributed by atoms with Gasteiger partial charge in [0.25, 0.3) is 11.8 Å². The summed E-state index contributed by atoms with van der Waals surface area (Å²) in [4.78, 5) is 24.3. The van der Waals surface area contributed by atoms with E-state index in [0.29, 0.717) is 16.8 Å². The molecule has 2 atom stereocenters. The van der Waals surface area contributed by atoms with Gasteiger partial charge in [0.2, 0.25) is 0 Å². The smallest absolute Gasteiger partial charge is 0.269 e. The Hall–Kier alpha value is -2.25. The molecule has 0 aromatic heterocycles. The predicted octanol–water partition coefficient (Wildman–Crippen LogP) is 2.57. The minimum atomic E-state index is -0.864. The molecule has 124 valence electrons. The van der Waals surface area contributed by atoms with Crippen LogP contribution in [0.3, 0.4) is 0 Å². The zero-order chi connectivity index (χ0) is 17.4. The van der Waals surface area contributed by atoms with Crippen LogP contribution in [0, 0.1) is 0 Å². The number of nitrogen functional groups attached to an aromatic ring is 1. The van der Waals surface area contributed by atoms with Gasteiger partial charge in [-0.15, -0.1) is 11.6 Å². The Kier molecular flexibility index (Phi) is 4.38. The molecule has 3 rings (SSSR count). The molecular weight excluding hydrogens is 398 g/mol. The van der Waals surface area contributed by atoms with Crippen molar-refractivity contribution in [3.8, 4) is 5.75 Å². The van der Waals surface area contributed by atoms with Crippen molar-refractivity contribution in [3.05, 3.63) is 58.1 Å². The topological polar surface area (TPSA) is 95.7 Å². The molecule has 4 N–H and O–H groups in total. The summed E-state index contributed by atoms with van der Waals surface area (Å²) in [6.07, 6.45) is 0. The maximum atomic E-state index is 12.3. The van der Waals surface area contributed by atoms with Gasteiger partial charge in [-0.25, -0.2) is 5.01 Å². The monoisotopic (exact) mass is 409 g/mol. The molecular formula is C16H13BrClN3O3. The van der Waals surface area contributed by atoms with Gasteiger partial charge in [0, 0.05) is 21.3 Å². The average molecular weight is 411 g/mol. The number of anilines is 1. The van der Waals surface area contributed by atoms with Gasteiger partial charge in [0.05, 0.1) is 0 Å². The standard InChI is InChI=1S/C16H13BrClN3O3/c17-9-3-6-12(22)11(7-9)14-13(18)16(24)21(14)20-15(23)8-1-4-10(19)5-2-8/h1-7,13-14,22H,19H2,(H,20,23)/t13-,14-/m0/s1. The normalized spacial score (nSPS) is 19.8. The summed E-state index contributed by atoms with van der Waals surface area (Å²) in [5.74, 6) is -0.913. The number of benzene rings is 2. The zero-order valence-corrected chi connectivity index (χ0v) is 14.6. The highest BCUT2D eigenvalue weighted by atomic mass is 79.9. The van der Waals surface area contributed by atoms with Gasteiger partial charge >= 0.3 is 0 Å². The van der Waals surface area contributed by atoms with Crippen molar-refractivity contribution in [1.82, 2.24) is 10.4 Å². The first-order chi connectivity index (χ1) is 11.4. The van der Waals surface area contributed by atoms with E-state index in [1.54, 1.807) is 36.4 Å². The van der Waals surface area contributed by atoms with Crippen molar-refractivity contribution in [1.29, 1.82) is 0 Å². The van der Waals surface area contributed by atoms with Gasteiger partial charge in [-0.3, -0.25) is 15.0 Å². The summed E-state index contributed by atoms with van der Waals surface area (Å²) in [5, 5.41) is 10.3. The van der Waals surface area contributed by atoms with E-state index in [1.807, 2.05) is 0 Å². The molecule has 0 radical (unpaired) electrons. The average Bonchev–Trinajstić information content (AvgIpc) is 2.57. The first-order valence-corrected chi connectivity index (χ1v) is 8.23. The summed E-state index contributed by atoms with van der Waals surface area (Å²) in [6, 6.07) is 10.5. The van der Waals surface area contributed by atoms with Crippen molar-refractivity contribution in [2.24, 2.45) is 0 Å². The summed E-state index contributed by atoms with van der Waals surface area (Å²) in [5.41, 5.74) is 9.44. The number of amides is 2. The highest BCUT2D eigenvalue weighted by Crippen LogP contribution is 2.41. The van der Waals surface area contributed by atoms with Crippen LogP contribution in [-0.2, 0) is 4.79 Å². The van der Waals surface area contributed by atoms with Crippen LogP contribution < -0.4 is 11.2 Å². The number of rotatable bonds is 3. The van der Waals surface area contributed by atoms with E-state index in [4.69, 9.17) is 17.3 Å². The van der Waals surface area contributed by atoms with Crippen molar-refractivity contribution in [2.75, 3.05) is 5.73 Å². The molecule has 24 heavy (non-hydrogen) atoms. The largest absolute Gasteiger partial charge is 0.508 e. The number of β-lactam (4-membered cyclic amide) rings is 1. The maximum absolute atomic E-state index is 12.3. The second-order valence-electron chi connectivity index (χ2n) is 5.32. The van der Waals surface area contributed by atoms with E-state index in [2.05, 4.69) is 21.4 Å². The minimum absolute atomic E-state index is 0.00640. The third-order valence-electron chi connectivity index (χ3n) is 3.73. The van der Waals surface area contributed by atoms with Crippen LogP contribution in [0.15, 0.2) is 46.9 Å². The van der Waals surface area contributed by atoms with Crippen LogP contribution in [0.25, 0.3) is 0 Å². The highest BCUT2D eigenvalue weighted by molar-refractivity contribution is 9.10. The van der Waals surface area contributed by atoms with E-state index in [1.165, 1.54) is 6.07 Å². The molecule has 1 aliphatic rings. The number of alkyl halides is 1. The lowest BCUT2D eigenvalue weighted by Crippen LogP contribution is -2.63. The second kappa shape index (κ2) is 6.33. The number of carbonyl (C=O) groups is 2. The number of hydrazine groups is 1. The van der Waals surface area contributed by atoms with Crippen LogP contribution in [0.5, 0.6) is 5.75 Å². The van der Waals surface area contributed by atoms with E-state index in [0.717, 1.165) is 9.48 Å². The summed E-state index contributed by atoms with van der Waals surface area (Å²) < 4.78 is 0.725. The van der Waals surface area contributed by atoms with Crippen molar-refractivity contribution in [3.63, 3.8) is 0 Å². The Bertz CT molecular complexity index is 813. The van der Waals surface area contributed by atoms with Gasteiger partial charge in [-0.1, -0.05) is 15.9 Å². The lowest BCUT2D eigenvalue weighted by molar-refractivity contribution is -0.149. The third kappa shape index (κ3) is 2.92. The minimum Gasteiger partial charge on any atom is -0.508 e. The van der Waals surface area contributed by atoms with Crippen LogP contribution in [0.1, 0.15) is 22.0 Å². The predicted molar refractivity (Wildman–Crippen MR) is 93.4 cm³/mol. The van der Waals surface area contributed by atoms with Crippen molar-refractivity contribution in [2.45, 2.75) is 11.4 Å². The molecule has 0 spiro atoms. The molecule has 6 nitrogen and oxygen atoms in total.